The molecule has 2 atom stereocenters. The van der Waals surface area contributed by atoms with Crippen molar-refractivity contribution in [3.63, 3.8) is 0 Å². The molecule has 192 valence electrons. The molecule has 0 bridgehead atoms. The fraction of sp³-hybridized carbons (Fsp3) is 0.480. The Morgan fingerprint density at radius 2 is 2.11 bits per heavy atom. The van der Waals surface area contributed by atoms with Gasteiger partial charge in [-0.2, -0.15) is 13.2 Å². The van der Waals surface area contributed by atoms with Gasteiger partial charge in [-0.3, -0.25) is 9.79 Å². The van der Waals surface area contributed by atoms with E-state index in [9.17, 15) is 22.4 Å². The van der Waals surface area contributed by atoms with Gasteiger partial charge in [-0.1, -0.05) is 11.6 Å². The van der Waals surface area contributed by atoms with Crippen molar-refractivity contribution in [2.75, 3.05) is 18.5 Å². The Kier molecular flexibility index (Phi) is 5.34. The first kappa shape index (κ1) is 21.4. The van der Waals surface area contributed by atoms with Gasteiger partial charge in [0.2, 0.25) is 0 Å². The molecule has 3 aliphatic rings. The third-order valence-corrected chi connectivity index (χ3v) is 7.23. The third-order valence-electron chi connectivity index (χ3n) is 7.01. The second kappa shape index (κ2) is 8.99. The number of nitrogens with one attached hydrogen (secondary N) is 1. The van der Waals surface area contributed by atoms with E-state index in [0.717, 1.165) is 12.1 Å². The predicted octanol–water partition coefficient (Wildman–Crippen LogP) is 5.22. The largest absolute Gasteiger partial charge is 0.433 e. The van der Waals surface area contributed by atoms with E-state index in [1.807, 2.05) is 11.8 Å². The average Bonchev–Trinajstić information content (AvgIpc) is 3.62. The topological polar surface area (TPSA) is 66.8 Å². The number of amides is 1. The van der Waals surface area contributed by atoms with Gasteiger partial charge in [-0.05, 0) is 50.5 Å². The number of pyridine rings is 1. The Bertz CT molecular complexity index is 1350. The zero-order chi connectivity index (χ0) is 28.3. The fourth-order valence-electron chi connectivity index (χ4n) is 5.10. The number of benzene rings is 1. The van der Waals surface area contributed by atoms with E-state index in [-0.39, 0.29) is 59.4 Å². The molecule has 5 rings (SSSR count). The van der Waals surface area contributed by atoms with Gasteiger partial charge in [-0.25, -0.2) is 9.37 Å². The number of amidine groups is 1. The minimum atomic E-state index is -4.58. The molecule has 1 aliphatic carbocycles. The molecule has 0 radical (unpaired) electrons. The summed E-state index contributed by atoms with van der Waals surface area (Å²) in [5.41, 5.74) is -1.10. The molecule has 1 N–H and O–H groups in total. The fourth-order valence-corrected chi connectivity index (χ4v) is 5.30. The minimum absolute atomic E-state index is 0.0308. The number of carbonyl (C=O) groups is 1. The van der Waals surface area contributed by atoms with E-state index in [1.165, 1.54) is 12.1 Å². The summed E-state index contributed by atoms with van der Waals surface area (Å²) in [6.45, 7) is 1.58. The lowest BCUT2D eigenvalue weighted by Crippen LogP contribution is -2.53. The van der Waals surface area contributed by atoms with E-state index in [1.54, 1.807) is 0 Å². The Morgan fingerprint density at radius 1 is 1.33 bits per heavy atom. The van der Waals surface area contributed by atoms with Crippen molar-refractivity contribution in [2.24, 2.45) is 4.99 Å². The van der Waals surface area contributed by atoms with Crippen LogP contribution in [0.25, 0.3) is 0 Å². The highest BCUT2D eigenvalue weighted by atomic mass is 35.5. The molecule has 1 aromatic heterocycles. The Balaban J connectivity index is 1.43. The van der Waals surface area contributed by atoms with Crippen molar-refractivity contribution in [1.82, 2.24) is 10.3 Å². The lowest BCUT2D eigenvalue weighted by atomic mass is 9.83. The summed E-state index contributed by atoms with van der Waals surface area (Å²) in [5, 5.41) is 2.88. The normalized spacial score (nSPS) is 25.9. The molecule has 3 heterocycles. The van der Waals surface area contributed by atoms with Crippen molar-refractivity contribution in [3.05, 3.63) is 57.6 Å². The van der Waals surface area contributed by atoms with Gasteiger partial charge in [0.05, 0.1) is 16.4 Å². The molecule has 2 aliphatic heterocycles. The summed E-state index contributed by atoms with van der Waals surface area (Å²) < 4.78 is 81.4. The Morgan fingerprint density at radius 3 is 2.78 bits per heavy atom. The van der Waals surface area contributed by atoms with Crippen molar-refractivity contribution in [3.8, 4) is 0 Å². The highest BCUT2D eigenvalue weighted by Gasteiger charge is 2.49. The summed E-state index contributed by atoms with van der Waals surface area (Å²) in [7, 11) is -2.72. The van der Waals surface area contributed by atoms with E-state index >= 15 is 0 Å². The predicted molar refractivity (Wildman–Crippen MR) is 127 cm³/mol. The number of ether oxygens (including phenoxy) is 1. The number of hydrogen-bond donors (Lipinski definition) is 1. The number of rotatable bonds is 5. The van der Waals surface area contributed by atoms with Crippen LogP contribution in [0.15, 0.2) is 29.3 Å². The SMILES string of the molecule is [2H]C([2H])([2H])OCc1c(F)cc(Cl)cc1N1CC[C@]2(C[C@@H]1C)N=C(c1ccc(C(F)(F)F)nc1C1CC1)NC2=O. The zero-order valence-corrected chi connectivity index (χ0v) is 20.0. The molecule has 1 aromatic carbocycles. The first-order chi connectivity index (χ1) is 18.2. The number of methoxy groups -OCH3 is 1. The molecule has 0 unspecified atom stereocenters. The van der Waals surface area contributed by atoms with Crippen molar-refractivity contribution < 1.29 is 31.2 Å². The highest BCUT2D eigenvalue weighted by molar-refractivity contribution is 6.30. The van der Waals surface area contributed by atoms with Crippen LogP contribution in [0.1, 0.15) is 65.2 Å². The molecular formula is C25H25ClF4N4O2. The highest BCUT2D eigenvalue weighted by Crippen LogP contribution is 2.44. The lowest BCUT2D eigenvalue weighted by molar-refractivity contribution is -0.141. The van der Waals surface area contributed by atoms with Crippen LogP contribution < -0.4 is 10.2 Å². The molecule has 6 nitrogen and oxygen atoms in total. The third kappa shape index (κ3) is 4.45. The van der Waals surface area contributed by atoms with Crippen molar-refractivity contribution in [2.45, 2.75) is 62.9 Å². The Hall–Kier alpha value is -2.72. The number of aliphatic imine (C=N–C) groups is 1. The number of hydrogen-bond acceptors (Lipinski definition) is 5. The molecule has 1 spiro atoms. The summed E-state index contributed by atoms with van der Waals surface area (Å²) >= 11 is 6.11. The second-order valence-corrected chi connectivity index (χ2v) is 9.95. The lowest BCUT2D eigenvalue weighted by Gasteiger charge is -2.42. The first-order valence-corrected chi connectivity index (χ1v) is 11.9. The van der Waals surface area contributed by atoms with Crippen LogP contribution in [0, 0.1) is 5.82 Å². The molecule has 2 fully saturated rings. The standard InChI is InChI=1S/C25H25ClF4N4O2/c1-13-11-24(7-8-34(13)19-10-15(26)9-18(27)17(19)12-36-2)23(35)32-22(33-24)16-5-6-20(25(28,29)30)31-21(16)14-3-4-14/h5-6,9-10,13-14H,3-4,7-8,11-12H2,1-2H3,(H,32,33,35)/t13-,24+/m0/s1/i2D3. The van der Waals surface area contributed by atoms with Crippen LogP contribution in [0.3, 0.4) is 0 Å². The van der Waals surface area contributed by atoms with Crippen LogP contribution in [0.2, 0.25) is 5.02 Å². The van der Waals surface area contributed by atoms with Crippen LogP contribution in [-0.4, -0.2) is 41.9 Å². The number of carbonyl (C=O) groups excluding carboxylic acids is 1. The summed E-state index contributed by atoms with van der Waals surface area (Å²) in [6, 6.07) is 4.45. The van der Waals surface area contributed by atoms with Gasteiger partial charge < -0.3 is 15.0 Å². The van der Waals surface area contributed by atoms with Gasteiger partial charge in [0.15, 0.2) is 0 Å². The average molecular weight is 528 g/mol. The minimum Gasteiger partial charge on any atom is -0.380 e. The van der Waals surface area contributed by atoms with Gasteiger partial charge >= 0.3 is 6.18 Å². The summed E-state index contributed by atoms with van der Waals surface area (Å²) in [4.78, 5) is 23.6. The van der Waals surface area contributed by atoms with Crippen molar-refractivity contribution >= 4 is 29.0 Å². The number of aromatic nitrogens is 1. The van der Waals surface area contributed by atoms with E-state index < -0.39 is 36.9 Å². The van der Waals surface area contributed by atoms with Crippen LogP contribution in [0.5, 0.6) is 0 Å². The molecule has 1 saturated carbocycles. The van der Waals surface area contributed by atoms with E-state index in [4.69, 9.17) is 25.4 Å². The van der Waals surface area contributed by atoms with Gasteiger partial charge in [0.1, 0.15) is 22.9 Å². The maximum Gasteiger partial charge on any atom is 0.433 e. The zero-order valence-electron chi connectivity index (χ0n) is 22.3. The number of nitrogens with zero attached hydrogens (tertiary/aromatic N) is 3. The molecule has 2 aromatic rings. The van der Waals surface area contributed by atoms with Crippen LogP contribution in [-0.2, 0) is 22.3 Å². The number of anilines is 1. The van der Waals surface area contributed by atoms with Crippen molar-refractivity contribution in [1.29, 1.82) is 0 Å². The molecule has 1 saturated heterocycles. The van der Waals surface area contributed by atoms with Gasteiger partial charge in [0.25, 0.3) is 5.91 Å². The monoisotopic (exact) mass is 527 g/mol. The maximum absolute atomic E-state index is 14.8. The van der Waals surface area contributed by atoms with Gasteiger partial charge in [0, 0.05) is 53.8 Å². The molecular weight excluding hydrogens is 500 g/mol. The summed E-state index contributed by atoms with van der Waals surface area (Å²) in [5.74, 6) is -0.999. The van der Waals surface area contributed by atoms with Gasteiger partial charge in [-0.15, -0.1) is 0 Å². The smallest absolute Gasteiger partial charge is 0.380 e. The maximum atomic E-state index is 14.8. The van der Waals surface area contributed by atoms with Crippen LogP contribution in [0.4, 0.5) is 23.2 Å². The number of alkyl halides is 3. The summed E-state index contributed by atoms with van der Waals surface area (Å²) in [6.07, 6.45) is -2.71. The molecule has 1 amide bonds. The Labute approximate surface area is 214 Å². The number of halogens is 5. The quantitative estimate of drug-likeness (QED) is 0.541. The number of piperidine rings is 1. The second-order valence-electron chi connectivity index (χ2n) is 9.52. The molecule has 36 heavy (non-hydrogen) atoms. The first-order valence-electron chi connectivity index (χ1n) is 13.1. The van der Waals surface area contributed by atoms with Crippen LogP contribution >= 0.6 is 11.6 Å². The van der Waals surface area contributed by atoms with E-state index in [0.29, 0.717) is 24.1 Å². The van der Waals surface area contributed by atoms with E-state index in [2.05, 4.69) is 10.3 Å². The molecule has 11 heteroatoms.